The highest BCUT2D eigenvalue weighted by Crippen LogP contribution is 2.32. The molecule has 8 atom stereocenters. The Labute approximate surface area is 398 Å². The molecule has 0 saturated carbocycles. The van der Waals surface area contributed by atoms with Gasteiger partial charge in [-0.25, -0.2) is 0 Å². The van der Waals surface area contributed by atoms with Gasteiger partial charge in [0.05, 0.1) is 24.2 Å². The van der Waals surface area contributed by atoms with E-state index in [9.17, 15) is 28.8 Å². The maximum atomic E-state index is 14.3. The van der Waals surface area contributed by atoms with Crippen LogP contribution < -0.4 is 31.9 Å². The largest absolute Gasteiger partial charge is 0.347 e. The Bertz CT molecular complexity index is 1920. The third-order valence-electron chi connectivity index (χ3n) is 13.9. The average Bonchev–Trinajstić information content (AvgIpc) is 4.01. The van der Waals surface area contributed by atoms with Crippen molar-refractivity contribution in [3.63, 3.8) is 0 Å². The first-order valence-corrected chi connectivity index (χ1v) is 23.9. The minimum absolute atomic E-state index is 0. The van der Waals surface area contributed by atoms with Gasteiger partial charge in [-0.3, -0.25) is 28.8 Å². The zero-order valence-electron chi connectivity index (χ0n) is 38.8. The fraction of sp³-hybridized carbons (Fsp3) is 0.633. The molecular formula is C49H74Cl2N8O6. The molecule has 6 N–H and O–H groups in total. The summed E-state index contributed by atoms with van der Waals surface area (Å²) in [5.41, 5.74) is 4.79. The minimum Gasteiger partial charge on any atom is -0.347 e. The summed E-state index contributed by atoms with van der Waals surface area (Å²) in [6, 6.07) is 12.5. The molecule has 16 heteroatoms. The number of carbonyl (C=O) groups is 6. The molecule has 2 aliphatic heterocycles. The van der Waals surface area contributed by atoms with E-state index in [2.05, 4.69) is 56.2 Å². The number of likely N-dealkylation sites (N-methyl/N-ethyl adjacent to an activating group) is 2. The third kappa shape index (κ3) is 13.7. The number of amides is 6. The number of likely N-dealkylation sites (tertiary alicyclic amines) is 2. The smallest absolute Gasteiger partial charge is 0.245 e. The second-order valence-electron chi connectivity index (χ2n) is 18.1. The van der Waals surface area contributed by atoms with Crippen LogP contribution in [0.1, 0.15) is 144 Å². The summed E-state index contributed by atoms with van der Waals surface area (Å²) < 4.78 is 0. The third-order valence-corrected chi connectivity index (χ3v) is 13.9. The van der Waals surface area contributed by atoms with Crippen LogP contribution in [0.25, 0.3) is 0 Å². The van der Waals surface area contributed by atoms with Gasteiger partial charge in [0, 0.05) is 13.1 Å². The number of nitrogens with zero attached hydrogens (tertiary/aromatic N) is 2. The highest BCUT2D eigenvalue weighted by molar-refractivity contribution is 5.94. The lowest BCUT2D eigenvalue weighted by atomic mass is 9.87. The normalized spacial score (nSPS) is 21.8. The number of aryl methyl sites for hydroxylation is 2. The van der Waals surface area contributed by atoms with Gasteiger partial charge in [0.1, 0.15) is 24.2 Å². The predicted octanol–water partition coefficient (Wildman–Crippen LogP) is 5.12. The van der Waals surface area contributed by atoms with Crippen LogP contribution in [-0.2, 0) is 41.6 Å². The Morgan fingerprint density at radius 3 is 1.46 bits per heavy atom. The number of unbranched alkanes of at least 4 members (excludes halogenated alkanes) is 3. The predicted molar refractivity (Wildman–Crippen MR) is 258 cm³/mol. The van der Waals surface area contributed by atoms with Crippen LogP contribution in [0.2, 0.25) is 0 Å². The van der Waals surface area contributed by atoms with Crippen LogP contribution in [0.5, 0.6) is 0 Å². The van der Waals surface area contributed by atoms with Gasteiger partial charge < -0.3 is 41.7 Å². The van der Waals surface area contributed by atoms with Gasteiger partial charge in [0.25, 0.3) is 0 Å². The molecule has 2 heterocycles. The first kappa shape index (κ1) is 53.4. The SMILES string of the molecule is CC[C@H](NC)C(=O)N[C@@H](CCCCCC[C@H](NC(=O)[C@H](C)NC)C(=O)N1CCC[C@H]1C(=O)NC1CCCc2ccccc21)C(=O)N1CCC[C@H]1C(=O)N[C@@H]1CCCc2ccccc21.Cl.Cl. The van der Waals surface area contributed by atoms with Crippen LogP contribution >= 0.6 is 24.8 Å². The molecule has 2 aromatic carbocycles. The van der Waals surface area contributed by atoms with Crippen molar-refractivity contribution in [2.45, 2.75) is 171 Å². The van der Waals surface area contributed by atoms with Crippen molar-refractivity contribution in [3.05, 3.63) is 70.8 Å². The second kappa shape index (κ2) is 26.2. The molecule has 2 aliphatic carbocycles. The van der Waals surface area contributed by atoms with Gasteiger partial charge in [-0.05, 0) is 127 Å². The number of nitrogens with one attached hydrogen (secondary N) is 6. The van der Waals surface area contributed by atoms with Crippen molar-refractivity contribution >= 4 is 60.3 Å². The Balaban J connectivity index is 0.00000462. The lowest BCUT2D eigenvalue weighted by Crippen LogP contribution is -2.56. The average molecular weight is 942 g/mol. The summed E-state index contributed by atoms with van der Waals surface area (Å²) >= 11 is 0. The molecule has 6 amide bonds. The molecule has 2 saturated heterocycles. The molecule has 14 nitrogen and oxygen atoms in total. The molecule has 2 fully saturated rings. The van der Waals surface area contributed by atoms with Gasteiger partial charge >= 0.3 is 0 Å². The Morgan fingerprint density at radius 1 is 0.585 bits per heavy atom. The van der Waals surface area contributed by atoms with E-state index in [0.29, 0.717) is 70.9 Å². The van der Waals surface area contributed by atoms with Crippen LogP contribution in [0, 0.1) is 0 Å². The number of carbonyl (C=O) groups excluding carboxylic acids is 6. The van der Waals surface area contributed by atoms with Crippen LogP contribution in [-0.4, -0.2) is 109 Å². The summed E-state index contributed by atoms with van der Waals surface area (Å²) in [6.45, 7) is 4.56. The van der Waals surface area contributed by atoms with E-state index < -0.39 is 36.3 Å². The van der Waals surface area contributed by atoms with E-state index in [4.69, 9.17) is 0 Å². The maximum Gasteiger partial charge on any atom is 0.245 e. The number of hydrogen-bond donors (Lipinski definition) is 6. The Hall–Kier alpha value is -4.24. The van der Waals surface area contributed by atoms with Crippen molar-refractivity contribution in [2.75, 3.05) is 27.2 Å². The van der Waals surface area contributed by atoms with Crippen LogP contribution in [0.4, 0.5) is 0 Å². The van der Waals surface area contributed by atoms with E-state index >= 15 is 0 Å². The molecule has 4 aliphatic rings. The molecule has 360 valence electrons. The molecule has 2 aromatic rings. The lowest BCUT2D eigenvalue weighted by Gasteiger charge is -2.32. The summed E-state index contributed by atoms with van der Waals surface area (Å²) in [6.07, 6.45) is 12.3. The maximum absolute atomic E-state index is 14.3. The second-order valence-corrected chi connectivity index (χ2v) is 18.1. The zero-order valence-corrected chi connectivity index (χ0v) is 40.5. The standard InChI is InChI=1S/C49H72N8O6.2ClH/c1-5-37(51-4)45(59)55-41(49(63)57-31-17-29-43(57)47(61)53-39-27-15-21-34-19-11-13-23-36(34)39)25-9-7-6-8-24-40(54-44(58)32(2)50-3)48(62)56-30-16-28-42(56)46(60)52-38-26-14-20-33-18-10-12-22-35(33)38;;/h10-13,18-19,22-23,32,37-43,50-51H,5-9,14-17,20-21,24-31H2,1-4H3,(H,52,60)(H,53,61)(H,54,58)(H,55,59);2*1H/t32-,37-,38?,39+,40-,41-,42-,43-;;/m0../s1. The monoisotopic (exact) mass is 941 g/mol. The quantitative estimate of drug-likeness (QED) is 0.0991. The first-order chi connectivity index (χ1) is 30.5. The summed E-state index contributed by atoms with van der Waals surface area (Å²) in [7, 11) is 3.42. The van der Waals surface area contributed by atoms with E-state index in [1.54, 1.807) is 30.8 Å². The fourth-order valence-electron chi connectivity index (χ4n) is 10.1. The van der Waals surface area contributed by atoms with Crippen molar-refractivity contribution < 1.29 is 28.8 Å². The summed E-state index contributed by atoms with van der Waals surface area (Å²) in [5, 5.41) is 18.5. The summed E-state index contributed by atoms with van der Waals surface area (Å²) in [5.74, 6) is -1.30. The van der Waals surface area contributed by atoms with Crippen molar-refractivity contribution in [1.29, 1.82) is 0 Å². The van der Waals surface area contributed by atoms with Gasteiger partial charge in [-0.15, -0.1) is 24.8 Å². The Kier molecular flexibility index (Phi) is 21.5. The number of hydrogen-bond acceptors (Lipinski definition) is 8. The number of rotatable bonds is 20. The van der Waals surface area contributed by atoms with Gasteiger partial charge in [-0.2, -0.15) is 0 Å². The zero-order chi connectivity index (χ0) is 44.9. The fourth-order valence-corrected chi connectivity index (χ4v) is 10.1. The first-order valence-electron chi connectivity index (χ1n) is 23.9. The molecule has 6 rings (SSSR count). The van der Waals surface area contributed by atoms with Gasteiger partial charge in [0.15, 0.2) is 0 Å². The molecule has 1 unspecified atom stereocenters. The molecule has 65 heavy (non-hydrogen) atoms. The van der Waals surface area contributed by atoms with Crippen molar-refractivity contribution in [3.8, 4) is 0 Å². The van der Waals surface area contributed by atoms with Crippen molar-refractivity contribution in [2.24, 2.45) is 0 Å². The number of halogens is 2. The van der Waals surface area contributed by atoms with Crippen LogP contribution in [0.15, 0.2) is 48.5 Å². The van der Waals surface area contributed by atoms with Gasteiger partial charge in [0.2, 0.25) is 35.4 Å². The molecule has 0 aromatic heterocycles. The number of fused-ring (bicyclic) bond motifs is 2. The molecular weight excluding hydrogens is 867 g/mol. The Morgan fingerprint density at radius 2 is 1.03 bits per heavy atom. The minimum atomic E-state index is -0.793. The van der Waals surface area contributed by atoms with Gasteiger partial charge in [-0.1, -0.05) is 81.1 Å². The van der Waals surface area contributed by atoms with Crippen molar-refractivity contribution in [1.82, 2.24) is 41.7 Å². The summed E-state index contributed by atoms with van der Waals surface area (Å²) in [4.78, 5) is 86.0. The highest BCUT2D eigenvalue weighted by atomic mass is 35.5. The highest BCUT2D eigenvalue weighted by Gasteiger charge is 2.40. The van der Waals surface area contributed by atoms with E-state index in [0.717, 1.165) is 62.5 Å². The van der Waals surface area contributed by atoms with E-state index in [1.165, 1.54) is 11.1 Å². The number of benzene rings is 2. The molecule has 0 bridgehead atoms. The van der Waals surface area contributed by atoms with E-state index in [-0.39, 0.29) is 72.3 Å². The van der Waals surface area contributed by atoms with E-state index in [1.807, 2.05) is 31.2 Å². The molecule has 0 radical (unpaired) electrons. The van der Waals surface area contributed by atoms with Crippen LogP contribution in [0.3, 0.4) is 0 Å². The molecule has 0 spiro atoms. The topological polar surface area (TPSA) is 181 Å². The lowest BCUT2D eigenvalue weighted by molar-refractivity contribution is -0.142.